The average Bonchev–Trinajstić information content (AvgIpc) is 0.918. The second-order valence-corrected chi connectivity index (χ2v) is 0.0816. The largest absolute Gasteiger partial charge is 1.00 e. The van der Waals surface area contributed by atoms with E-state index in [-0.39, 0.29) is 43.3 Å². The van der Waals surface area contributed by atoms with E-state index in [9.17, 15) is 0 Å². The predicted octanol–water partition coefficient (Wildman–Crippen LogP) is -2.61. The fraction of sp³-hybridized carbons (Fsp3) is 0. The van der Waals surface area contributed by atoms with Gasteiger partial charge in [0.2, 0.25) is 0 Å². The van der Waals surface area contributed by atoms with Crippen molar-refractivity contribution in [2.24, 2.45) is 0 Å². The monoisotopic (exact) mass is 108 g/mol. The standard InChI is InChI=1S/2H3N.Na.H2O3.H/c;;;1-3-2;/h2*1H3;;1-2H;/q;;+1;;-1. The summed E-state index contributed by atoms with van der Waals surface area (Å²) in [5.41, 5.74) is 0. The summed E-state index contributed by atoms with van der Waals surface area (Å²) < 4.78 is 0. The topological polar surface area (TPSA) is 120 Å². The van der Waals surface area contributed by atoms with Crippen LogP contribution in [0.2, 0.25) is 0 Å². The second kappa shape index (κ2) is 41.2. The summed E-state index contributed by atoms with van der Waals surface area (Å²) in [5.74, 6) is 0. The van der Waals surface area contributed by atoms with Crippen molar-refractivity contribution >= 4 is 0 Å². The molecule has 0 aromatic rings. The number of hydrogen-bond acceptors (Lipinski definition) is 5. The summed E-state index contributed by atoms with van der Waals surface area (Å²) in [4.78, 5) is 0. The Morgan fingerprint density at radius 3 is 1.17 bits per heavy atom. The minimum absolute atomic E-state index is 0. The Kier molecular flexibility index (Phi) is 201. The van der Waals surface area contributed by atoms with E-state index < -0.39 is 0 Å². The fourth-order valence-electron chi connectivity index (χ4n) is 0. The molecule has 0 rings (SSSR count). The van der Waals surface area contributed by atoms with E-state index in [0.717, 1.165) is 0 Å². The number of hydrogen-bond donors (Lipinski definition) is 4. The summed E-state index contributed by atoms with van der Waals surface area (Å²) in [5, 5.41) is 15.5. The van der Waals surface area contributed by atoms with E-state index in [1.54, 1.807) is 0 Å². The first-order chi connectivity index (χ1) is 1.41. The quantitative estimate of drug-likeness (QED) is 0.154. The molecule has 0 aliphatic carbocycles. The Bertz CT molecular complexity index is 12.9. The van der Waals surface area contributed by atoms with Crippen molar-refractivity contribution in [3.05, 3.63) is 0 Å². The van der Waals surface area contributed by atoms with Crippen LogP contribution in [0.5, 0.6) is 0 Å². The van der Waals surface area contributed by atoms with Gasteiger partial charge in [0.05, 0.1) is 0 Å². The molecule has 38 valence electrons. The maximum Gasteiger partial charge on any atom is 1.00 e. The van der Waals surface area contributed by atoms with Gasteiger partial charge in [0, 0.05) is 0 Å². The van der Waals surface area contributed by atoms with Gasteiger partial charge in [-0.3, -0.25) is 0 Å². The normalized spacial score (nSPS) is 3.00. The molecule has 0 aromatic heterocycles. The Hall–Kier alpha value is 0.800. The number of rotatable bonds is 0. The van der Waals surface area contributed by atoms with Gasteiger partial charge in [0.15, 0.2) is 0 Å². The molecule has 0 atom stereocenters. The Balaban J connectivity index is -0.00000000333. The third-order valence-corrected chi connectivity index (χ3v) is 0. The van der Waals surface area contributed by atoms with Gasteiger partial charge in [0.1, 0.15) is 0 Å². The van der Waals surface area contributed by atoms with Crippen molar-refractivity contribution in [2.75, 3.05) is 0 Å². The molecule has 0 aromatic carbocycles. The first kappa shape index (κ1) is 29.2. The van der Waals surface area contributed by atoms with Crippen molar-refractivity contribution < 1.29 is 46.5 Å². The van der Waals surface area contributed by atoms with Crippen molar-refractivity contribution in [3.8, 4) is 0 Å². The van der Waals surface area contributed by atoms with Gasteiger partial charge in [-0.15, -0.1) is 0 Å². The molecule has 0 amide bonds. The third kappa shape index (κ3) is 108. The van der Waals surface area contributed by atoms with Crippen molar-refractivity contribution in [2.45, 2.75) is 0 Å². The van der Waals surface area contributed by atoms with Crippen LogP contribution < -0.4 is 41.9 Å². The molecular weight excluding hydrogens is 99.0 g/mol. The fourth-order valence-corrected chi connectivity index (χ4v) is 0. The van der Waals surface area contributed by atoms with Crippen LogP contribution in [0.3, 0.4) is 0 Å². The minimum atomic E-state index is 0. The Morgan fingerprint density at radius 1 is 1.17 bits per heavy atom. The van der Waals surface area contributed by atoms with Crippen LogP contribution in [0.1, 0.15) is 1.43 Å². The van der Waals surface area contributed by atoms with Gasteiger partial charge in [-0.25, -0.2) is 10.5 Å². The van der Waals surface area contributed by atoms with Gasteiger partial charge in [-0.2, -0.15) is 0 Å². The molecule has 5 nitrogen and oxygen atoms in total. The average molecular weight is 108 g/mol. The van der Waals surface area contributed by atoms with E-state index in [1.807, 2.05) is 0 Å². The SMILES string of the molecule is N.N.OOO.[H-].[Na+]. The molecule has 0 aliphatic heterocycles. The summed E-state index contributed by atoms with van der Waals surface area (Å²) in [6.07, 6.45) is 0. The Morgan fingerprint density at radius 2 is 1.17 bits per heavy atom. The summed E-state index contributed by atoms with van der Waals surface area (Å²) in [7, 11) is 0. The molecule has 0 saturated heterocycles. The van der Waals surface area contributed by atoms with E-state index in [4.69, 9.17) is 10.5 Å². The van der Waals surface area contributed by atoms with E-state index >= 15 is 0 Å². The molecule has 0 aliphatic rings. The first-order valence-corrected chi connectivity index (χ1v) is 0.365. The molecule has 6 heteroatoms. The first-order valence-electron chi connectivity index (χ1n) is 0.365. The zero-order valence-electron chi connectivity index (χ0n) is 4.72. The van der Waals surface area contributed by atoms with Crippen LogP contribution >= 0.6 is 0 Å². The van der Waals surface area contributed by atoms with E-state index in [1.165, 1.54) is 0 Å². The molecule has 0 spiro atoms. The van der Waals surface area contributed by atoms with Crippen molar-refractivity contribution in [1.82, 2.24) is 12.3 Å². The van der Waals surface area contributed by atoms with Gasteiger partial charge in [-0.05, 0) is 0 Å². The van der Waals surface area contributed by atoms with Crippen LogP contribution in [0.25, 0.3) is 0 Å². The molecule has 0 heterocycles. The molecule has 8 N–H and O–H groups in total. The summed E-state index contributed by atoms with van der Waals surface area (Å²) in [6.45, 7) is 0. The van der Waals surface area contributed by atoms with Gasteiger partial charge < -0.3 is 13.7 Å². The van der Waals surface area contributed by atoms with Gasteiger partial charge in [0.25, 0.3) is 0 Å². The molecule has 6 heavy (non-hydrogen) atoms. The van der Waals surface area contributed by atoms with Crippen LogP contribution in [-0.4, -0.2) is 10.5 Å². The molecular formula is H9N2NaO3. The summed E-state index contributed by atoms with van der Waals surface area (Å²) >= 11 is 0. The van der Waals surface area contributed by atoms with Gasteiger partial charge >= 0.3 is 29.6 Å². The van der Waals surface area contributed by atoms with Crippen molar-refractivity contribution in [1.29, 1.82) is 0 Å². The van der Waals surface area contributed by atoms with Crippen LogP contribution in [0.15, 0.2) is 0 Å². The smallest absolute Gasteiger partial charge is 1.00 e. The molecule has 0 radical (unpaired) electrons. The zero-order chi connectivity index (χ0) is 2.71. The van der Waals surface area contributed by atoms with Gasteiger partial charge in [-0.1, -0.05) is 5.04 Å². The van der Waals surface area contributed by atoms with Crippen LogP contribution in [0, 0.1) is 0 Å². The summed E-state index contributed by atoms with van der Waals surface area (Å²) in [6, 6.07) is 0. The maximum absolute atomic E-state index is 6.62. The molecule has 0 unspecified atom stereocenters. The molecule has 0 fully saturated rings. The Labute approximate surface area is 59.1 Å². The maximum atomic E-state index is 6.62. The molecule has 0 saturated carbocycles. The van der Waals surface area contributed by atoms with Crippen LogP contribution in [0.4, 0.5) is 0 Å². The zero-order valence-corrected chi connectivity index (χ0v) is 5.72. The third-order valence-electron chi connectivity index (χ3n) is 0. The second-order valence-electron chi connectivity index (χ2n) is 0.0816. The van der Waals surface area contributed by atoms with E-state index in [0.29, 0.717) is 0 Å². The van der Waals surface area contributed by atoms with E-state index in [2.05, 4.69) is 5.04 Å². The predicted molar refractivity (Wildman–Crippen MR) is 17.5 cm³/mol. The van der Waals surface area contributed by atoms with Crippen molar-refractivity contribution in [3.63, 3.8) is 0 Å². The minimum Gasteiger partial charge on any atom is -1.00 e. The molecule has 0 bridgehead atoms. The van der Waals surface area contributed by atoms with Crippen LogP contribution in [-0.2, 0) is 5.04 Å².